The van der Waals surface area contributed by atoms with Gasteiger partial charge in [-0.1, -0.05) is 13.8 Å². The van der Waals surface area contributed by atoms with Gasteiger partial charge >= 0.3 is 11.9 Å². The molecule has 1 aromatic carbocycles. The number of hydrogen-bond donors (Lipinski definition) is 2. The van der Waals surface area contributed by atoms with Gasteiger partial charge in [-0.25, -0.2) is 9.59 Å². The lowest BCUT2D eigenvalue weighted by molar-refractivity contribution is -0.145. The Labute approximate surface area is 134 Å². The molecule has 0 unspecified atom stereocenters. The molecule has 7 heteroatoms. The highest BCUT2D eigenvalue weighted by atomic mass is 16.5. The second kappa shape index (κ2) is 8.77. The number of ether oxygens (including phenoxy) is 2. The van der Waals surface area contributed by atoms with E-state index in [-0.39, 0.29) is 17.2 Å². The number of hydrogen-bond acceptors (Lipinski definition) is 6. The van der Waals surface area contributed by atoms with Crippen molar-refractivity contribution in [2.75, 3.05) is 13.7 Å². The van der Waals surface area contributed by atoms with Crippen LogP contribution in [0.5, 0.6) is 5.75 Å². The summed E-state index contributed by atoms with van der Waals surface area (Å²) in [7, 11) is 1.24. The lowest BCUT2D eigenvalue weighted by Crippen LogP contribution is -2.44. The van der Waals surface area contributed by atoms with Gasteiger partial charge in [0, 0.05) is 0 Å². The first-order chi connectivity index (χ1) is 10.8. The molecule has 0 saturated heterocycles. The molecule has 2 N–H and O–H groups in total. The summed E-state index contributed by atoms with van der Waals surface area (Å²) in [6.07, 6.45) is 0.421. The molecule has 7 nitrogen and oxygen atoms in total. The number of aromatic hydroxyl groups is 1. The molecule has 0 aliphatic carbocycles. The van der Waals surface area contributed by atoms with Gasteiger partial charge in [0.1, 0.15) is 11.8 Å². The Morgan fingerprint density at radius 3 is 2.30 bits per heavy atom. The van der Waals surface area contributed by atoms with Gasteiger partial charge in [0.05, 0.1) is 12.7 Å². The quantitative estimate of drug-likeness (QED) is 0.732. The first-order valence-corrected chi connectivity index (χ1v) is 7.16. The number of benzene rings is 1. The Morgan fingerprint density at radius 2 is 1.78 bits per heavy atom. The standard InChI is InChI=1S/C16H21NO6/c1-10(2)8-13(16(21)22-3)17-14(19)9-23-15(20)11-4-6-12(18)7-5-11/h4-7,10,13,18H,8-9H2,1-3H3,(H,17,19)/t13-/m0/s1. The van der Waals surface area contributed by atoms with Gasteiger partial charge in [-0.15, -0.1) is 0 Å². The zero-order chi connectivity index (χ0) is 17.4. The fourth-order valence-corrected chi connectivity index (χ4v) is 1.88. The first-order valence-electron chi connectivity index (χ1n) is 7.16. The Kier molecular flexibility index (Phi) is 7.05. The van der Waals surface area contributed by atoms with Crippen LogP contribution in [0.4, 0.5) is 0 Å². The van der Waals surface area contributed by atoms with Gasteiger partial charge in [0.25, 0.3) is 5.91 Å². The summed E-state index contributed by atoms with van der Waals surface area (Å²) in [6.45, 7) is 3.31. The molecule has 0 aliphatic heterocycles. The van der Waals surface area contributed by atoms with Crippen molar-refractivity contribution >= 4 is 17.8 Å². The molecule has 0 bridgehead atoms. The maximum absolute atomic E-state index is 11.8. The number of rotatable bonds is 7. The lowest BCUT2D eigenvalue weighted by Gasteiger charge is -2.18. The first kappa shape index (κ1) is 18.5. The second-order valence-electron chi connectivity index (χ2n) is 5.40. The Morgan fingerprint density at radius 1 is 1.17 bits per heavy atom. The van der Waals surface area contributed by atoms with Crippen molar-refractivity contribution in [2.45, 2.75) is 26.3 Å². The molecular weight excluding hydrogens is 302 g/mol. The molecule has 0 heterocycles. The summed E-state index contributed by atoms with van der Waals surface area (Å²) in [5.74, 6) is -1.63. The molecule has 1 aromatic rings. The summed E-state index contributed by atoms with van der Waals surface area (Å²) >= 11 is 0. The highest BCUT2D eigenvalue weighted by Crippen LogP contribution is 2.10. The lowest BCUT2D eigenvalue weighted by atomic mass is 10.0. The third kappa shape index (κ3) is 6.37. The summed E-state index contributed by atoms with van der Waals surface area (Å²) in [5.41, 5.74) is 0.210. The molecule has 1 atom stereocenters. The van der Waals surface area contributed by atoms with E-state index in [1.807, 2.05) is 13.8 Å². The number of carbonyl (C=O) groups is 3. The monoisotopic (exact) mass is 323 g/mol. The third-order valence-corrected chi connectivity index (χ3v) is 2.97. The molecule has 0 radical (unpaired) electrons. The Bertz CT molecular complexity index is 552. The van der Waals surface area contributed by atoms with E-state index < -0.39 is 30.5 Å². The van der Waals surface area contributed by atoms with Crippen LogP contribution in [0.15, 0.2) is 24.3 Å². The summed E-state index contributed by atoms with van der Waals surface area (Å²) in [5, 5.41) is 11.6. The third-order valence-electron chi connectivity index (χ3n) is 2.97. The number of carbonyl (C=O) groups excluding carboxylic acids is 3. The fourth-order valence-electron chi connectivity index (χ4n) is 1.88. The SMILES string of the molecule is COC(=O)[C@H](CC(C)C)NC(=O)COC(=O)c1ccc(O)cc1. The molecule has 23 heavy (non-hydrogen) atoms. The van der Waals surface area contributed by atoms with E-state index in [0.29, 0.717) is 6.42 Å². The van der Waals surface area contributed by atoms with Crippen LogP contribution in [0.3, 0.4) is 0 Å². The van der Waals surface area contributed by atoms with Crippen LogP contribution in [0.25, 0.3) is 0 Å². The summed E-state index contributed by atoms with van der Waals surface area (Å²) in [4.78, 5) is 35.2. The predicted octanol–water partition coefficient (Wildman–Crippen LogP) is 1.25. The van der Waals surface area contributed by atoms with Crippen molar-refractivity contribution in [3.8, 4) is 5.75 Å². The fraction of sp³-hybridized carbons (Fsp3) is 0.438. The Balaban J connectivity index is 2.52. The van der Waals surface area contributed by atoms with E-state index in [1.54, 1.807) is 0 Å². The van der Waals surface area contributed by atoms with E-state index in [2.05, 4.69) is 10.1 Å². The van der Waals surface area contributed by atoms with Crippen LogP contribution >= 0.6 is 0 Å². The van der Waals surface area contributed by atoms with E-state index in [9.17, 15) is 14.4 Å². The highest BCUT2D eigenvalue weighted by Gasteiger charge is 2.23. The van der Waals surface area contributed by atoms with Crippen LogP contribution in [0.1, 0.15) is 30.6 Å². The van der Waals surface area contributed by atoms with Gasteiger partial charge in [-0.05, 0) is 36.6 Å². The van der Waals surface area contributed by atoms with Gasteiger partial charge in [0.2, 0.25) is 0 Å². The molecule has 0 aliphatic rings. The highest BCUT2D eigenvalue weighted by molar-refractivity contribution is 5.92. The van der Waals surface area contributed by atoms with Crippen molar-refractivity contribution in [1.82, 2.24) is 5.32 Å². The molecule has 0 fully saturated rings. The number of nitrogens with one attached hydrogen (secondary N) is 1. The normalized spacial score (nSPS) is 11.7. The zero-order valence-electron chi connectivity index (χ0n) is 13.4. The maximum Gasteiger partial charge on any atom is 0.338 e. The molecule has 0 spiro atoms. The van der Waals surface area contributed by atoms with Crippen molar-refractivity contribution in [2.24, 2.45) is 5.92 Å². The van der Waals surface area contributed by atoms with E-state index in [4.69, 9.17) is 9.84 Å². The van der Waals surface area contributed by atoms with Crippen molar-refractivity contribution in [3.63, 3.8) is 0 Å². The average molecular weight is 323 g/mol. The van der Waals surface area contributed by atoms with Crippen LogP contribution in [0, 0.1) is 5.92 Å². The predicted molar refractivity (Wildman–Crippen MR) is 81.8 cm³/mol. The average Bonchev–Trinajstić information content (AvgIpc) is 2.51. The van der Waals surface area contributed by atoms with Gasteiger partial charge < -0.3 is 19.9 Å². The van der Waals surface area contributed by atoms with Gasteiger partial charge in [-0.3, -0.25) is 4.79 Å². The molecule has 1 rings (SSSR count). The molecule has 0 saturated carbocycles. The van der Waals surface area contributed by atoms with Crippen molar-refractivity contribution in [1.29, 1.82) is 0 Å². The van der Waals surface area contributed by atoms with Crippen LogP contribution in [0.2, 0.25) is 0 Å². The van der Waals surface area contributed by atoms with Gasteiger partial charge in [-0.2, -0.15) is 0 Å². The molecule has 126 valence electrons. The molecule has 1 amide bonds. The molecular formula is C16H21NO6. The number of esters is 2. The smallest absolute Gasteiger partial charge is 0.338 e. The zero-order valence-corrected chi connectivity index (χ0v) is 13.4. The number of phenols is 1. The van der Waals surface area contributed by atoms with Crippen molar-refractivity contribution in [3.05, 3.63) is 29.8 Å². The van der Waals surface area contributed by atoms with Crippen LogP contribution in [-0.4, -0.2) is 42.7 Å². The number of phenolic OH excluding ortho intramolecular Hbond substituents is 1. The minimum atomic E-state index is -0.778. The van der Waals surface area contributed by atoms with Crippen LogP contribution < -0.4 is 5.32 Å². The van der Waals surface area contributed by atoms with E-state index in [1.165, 1.54) is 31.4 Å². The maximum atomic E-state index is 11.8. The largest absolute Gasteiger partial charge is 0.508 e. The van der Waals surface area contributed by atoms with Gasteiger partial charge in [0.15, 0.2) is 6.61 Å². The van der Waals surface area contributed by atoms with E-state index in [0.717, 1.165) is 0 Å². The number of methoxy groups -OCH3 is 1. The summed E-state index contributed by atoms with van der Waals surface area (Å²) in [6, 6.07) is 4.66. The topological polar surface area (TPSA) is 102 Å². The minimum Gasteiger partial charge on any atom is -0.508 e. The van der Waals surface area contributed by atoms with Crippen molar-refractivity contribution < 1.29 is 29.0 Å². The van der Waals surface area contributed by atoms with Crippen LogP contribution in [-0.2, 0) is 19.1 Å². The minimum absolute atomic E-state index is 0.0221. The summed E-state index contributed by atoms with van der Waals surface area (Å²) < 4.78 is 9.50. The van der Waals surface area contributed by atoms with E-state index >= 15 is 0 Å². The number of amides is 1. The Hall–Kier alpha value is -2.57. The second-order valence-corrected chi connectivity index (χ2v) is 5.40. The molecule has 0 aromatic heterocycles.